The fraction of sp³-hybridized carbons (Fsp3) is 0.650. The Bertz CT molecular complexity index is 565. The van der Waals surface area contributed by atoms with E-state index in [2.05, 4.69) is 28.6 Å². The summed E-state index contributed by atoms with van der Waals surface area (Å²) in [6.45, 7) is 6.22. The predicted molar refractivity (Wildman–Crippen MR) is 121 cm³/mol. The number of halogens is 1. The number of nitrogens with one attached hydrogen (secondary N) is 2. The molecule has 0 aromatic heterocycles. The highest BCUT2D eigenvalue weighted by Gasteiger charge is 2.20. The highest BCUT2D eigenvalue weighted by molar-refractivity contribution is 14.0. The first-order valence-electron chi connectivity index (χ1n) is 9.57. The normalized spacial score (nSPS) is 13.7. The lowest BCUT2D eigenvalue weighted by atomic mass is 10.1. The molecular weight excluding hydrogens is 457 g/mol. The van der Waals surface area contributed by atoms with Gasteiger partial charge in [-0.1, -0.05) is 6.07 Å². The van der Waals surface area contributed by atoms with Crippen LogP contribution in [0.1, 0.15) is 31.7 Å². The molecule has 0 atom stereocenters. The fourth-order valence-electron chi connectivity index (χ4n) is 2.60. The van der Waals surface area contributed by atoms with E-state index < -0.39 is 0 Å². The Morgan fingerprint density at radius 3 is 2.59 bits per heavy atom. The standard InChI is InChI=1S/C20H33N3O3.HI/c1-4-21-20(22-11-5-13-26-15-17-6-7-17)23-12-10-16-8-9-18(24-2)19(14-16)25-3;/h8-9,14,17H,4-7,10-13,15H2,1-3H3,(H2,21,22,23);1H. The molecule has 0 aliphatic heterocycles. The lowest BCUT2D eigenvalue weighted by molar-refractivity contribution is 0.123. The van der Waals surface area contributed by atoms with Crippen molar-refractivity contribution in [3.05, 3.63) is 23.8 Å². The minimum Gasteiger partial charge on any atom is -0.493 e. The number of benzene rings is 1. The van der Waals surface area contributed by atoms with Crippen molar-refractivity contribution in [2.24, 2.45) is 10.9 Å². The quantitative estimate of drug-likeness (QED) is 0.204. The van der Waals surface area contributed by atoms with Crippen LogP contribution in [0.5, 0.6) is 11.5 Å². The van der Waals surface area contributed by atoms with Gasteiger partial charge in [0.1, 0.15) is 0 Å². The lowest BCUT2D eigenvalue weighted by Gasteiger charge is -2.12. The molecule has 0 bridgehead atoms. The number of hydrogen-bond donors (Lipinski definition) is 2. The molecule has 1 fully saturated rings. The molecule has 154 valence electrons. The molecule has 0 spiro atoms. The minimum absolute atomic E-state index is 0. The van der Waals surface area contributed by atoms with Crippen LogP contribution < -0.4 is 20.1 Å². The molecule has 0 amide bonds. The molecule has 0 heterocycles. The molecule has 7 heteroatoms. The molecule has 1 aromatic rings. The molecule has 0 saturated heterocycles. The first kappa shape index (κ1) is 23.8. The van der Waals surface area contributed by atoms with Gasteiger partial charge in [-0.05, 0) is 56.2 Å². The van der Waals surface area contributed by atoms with Crippen molar-refractivity contribution >= 4 is 29.9 Å². The number of nitrogens with zero attached hydrogens (tertiary/aromatic N) is 1. The molecule has 1 aromatic carbocycles. The third kappa shape index (κ3) is 9.51. The van der Waals surface area contributed by atoms with Gasteiger partial charge in [-0.25, -0.2) is 0 Å². The molecule has 1 saturated carbocycles. The number of rotatable bonds is 12. The second-order valence-corrected chi connectivity index (χ2v) is 6.50. The van der Waals surface area contributed by atoms with Gasteiger partial charge in [0.15, 0.2) is 17.5 Å². The van der Waals surface area contributed by atoms with Crippen LogP contribution in [0.3, 0.4) is 0 Å². The summed E-state index contributed by atoms with van der Waals surface area (Å²) in [6.07, 6.45) is 4.52. The smallest absolute Gasteiger partial charge is 0.191 e. The monoisotopic (exact) mass is 491 g/mol. The van der Waals surface area contributed by atoms with E-state index in [4.69, 9.17) is 14.2 Å². The zero-order valence-corrected chi connectivity index (χ0v) is 19.1. The van der Waals surface area contributed by atoms with Gasteiger partial charge >= 0.3 is 0 Å². The lowest BCUT2D eigenvalue weighted by Crippen LogP contribution is -2.38. The minimum atomic E-state index is 0. The zero-order chi connectivity index (χ0) is 18.6. The van der Waals surface area contributed by atoms with E-state index in [0.29, 0.717) is 0 Å². The van der Waals surface area contributed by atoms with Gasteiger partial charge in [0, 0.05) is 32.8 Å². The average Bonchev–Trinajstić information content (AvgIpc) is 3.48. The number of ether oxygens (including phenoxy) is 3. The highest BCUT2D eigenvalue weighted by Crippen LogP contribution is 2.29. The maximum absolute atomic E-state index is 5.65. The molecule has 0 unspecified atom stereocenters. The van der Waals surface area contributed by atoms with Crippen molar-refractivity contribution in [3.63, 3.8) is 0 Å². The van der Waals surface area contributed by atoms with Gasteiger partial charge in [0.2, 0.25) is 0 Å². The third-order valence-corrected chi connectivity index (χ3v) is 4.27. The summed E-state index contributed by atoms with van der Waals surface area (Å²) < 4.78 is 16.3. The summed E-state index contributed by atoms with van der Waals surface area (Å²) in [4.78, 5) is 4.61. The van der Waals surface area contributed by atoms with Crippen LogP contribution in [0.2, 0.25) is 0 Å². The van der Waals surface area contributed by atoms with Crippen LogP contribution in [0.25, 0.3) is 0 Å². The second kappa shape index (κ2) is 13.9. The summed E-state index contributed by atoms with van der Waals surface area (Å²) in [7, 11) is 3.30. The Morgan fingerprint density at radius 2 is 1.93 bits per heavy atom. The molecule has 0 radical (unpaired) electrons. The van der Waals surface area contributed by atoms with Crippen molar-refractivity contribution in [1.29, 1.82) is 0 Å². The van der Waals surface area contributed by atoms with E-state index in [9.17, 15) is 0 Å². The Morgan fingerprint density at radius 1 is 1.15 bits per heavy atom. The summed E-state index contributed by atoms with van der Waals surface area (Å²) in [5.74, 6) is 3.20. The van der Waals surface area contributed by atoms with Crippen molar-refractivity contribution in [1.82, 2.24) is 10.6 Å². The van der Waals surface area contributed by atoms with Crippen LogP contribution in [0.15, 0.2) is 23.2 Å². The number of methoxy groups -OCH3 is 2. The Hall–Kier alpha value is -1.22. The number of aliphatic imine (C=N–C) groups is 1. The molecule has 27 heavy (non-hydrogen) atoms. The van der Waals surface area contributed by atoms with E-state index in [1.54, 1.807) is 14.2 Å². The molecule has 2 rings (SSSR count). The largest absolute Gasteiger partial charge is 0.493 e. The van der Waals surface area contributed by atoms with Gasteiger partial charge in [-0.3, -0.25) is 4.99 Å². The first-order chi connectivity index (χ1) is 12.8. The summed E-state index contributed by atoms with van der Waals surface area (Å²) in [5, 5.41) is 6.66. The summed E-state index contributed by atoms with van der Waals surface area (Å²) >= 11 is 0. The summed E-state index contributed by atoms with van der Waals surface area (Å²) in [5.41, 5.74) is 1.19. The molecular formula is C20H34IN3O3. The Labute approximate surface area is 180 Å². The third-order valence-electron chi connectivity index (χ3n) is 4.27. The van der Waals surface area contributed by atoms with Crippen molar-refractivity contribution in [3.8, 4) is 11.5 Å². The predicted octanol–water partition coefficient (Wildman–Crippen LogP) is 3.24. The molecule has 6 nitrogen and oxygen atoms in total. The van der Waals surface area contributed by atoms with E-state index in [-0.39, 0.29) is 24.0 Å². The van der Waals surface area contributed by atoms with Crippen molar-refractivity contribution in [2.45, 2.75) is 32.6 Å². The SMILES string of the molecule is CCNC(=NCCCOCC1CC1)NCCc1ccc(OC)c(OC)c1.I. The summed E-state index contributed by atoms with van der Waals surface area (Å²) in [6, 6.07) is 6.02. The van der Waals surface area contributed by atoms with E-state index in [1.165, 1.54) is 18.4 Å². The zero-order valence-electron chi connectivity index (χ0n) is 16.8. The maximum Gasteiger partial charge on any atom is 0.191 e. The van der Waals surface area contributed by atoms with Gasteiger partial charge in [0.25, 0.3) is 0 Å². The van der Waals surface area contributed by atoms with E-state index in [0.717, 1.165) is 69.1 Å². The van der Waals surface area contributed by atoms with Crippen LogP contribution in [-0.4, -0.2) is 53.0 Å². The van der Waals surface area contributed by atoms with Crippen LogP contribution in [0, 0.1) is 5.92 Å². The molecule has 1 aliphatic carbocycles. The molecule has 1 aliphatic rings. The maximum atomic E-state index is 5.65. The Kier molecular flexibility index (Phi) is 12.2. The first-order valence-corrected chi connectivity index (χ1v) is 9.57. The Balaban J connectivity index is 0.00000364. The highest BCUT2D eigenvalue weighted by atomic mass is 127. The van der Waals surface area contributed by atoms with Crippen molar-refractivity contribution in [2.75, 3.05) is 47.1 Å². The fourth-order valence-corrected chi connectivity index (χ4v) is 2.60. The van der Waals surface area contributed by atoms with Crippen molar-refractivity contribution < 1.29 is 14.2 Å². The van der Waals surface area contributed by atoms with Crippen LogP contribution in [0.4, 0.5) is 0 Å². The second-order valence-electron chi connectivity index (χ2n) is 6.50. The topological polar surface area (TPSA) is 64.1 Å². The van der Waals surface area contributed by atoms with Crippen LogP contribution in [-0.2, 0) is 11.2 Å². The van der Waals surface area contributed by atoms with E-state index in [1.807, 2.05) is 12.1 Å². The molecule has 2 N–H and O–H groups in total. The van der Waals surface area contributed by atoms with Gasteiger partial charge in [0.05, 0.1) is 14.2 Å². The average molecular weight is 491 g/mol. The van der Waals surface area contributed by atoms with Gasteiger partial charge in [-0.15, -0.1) is 24.0 Å². The van der Waals surface area contributed by atoms with Gasteiger partial charge < -0.3 is 24.8 Å². The number of guanidine groups is 1. The van der Waals surface area contributed by atoms with Crippen LogP contribution >= 0.6 is 24.0 Å². The van der Waals surface area contributed by atoms with E-state index >= 15 is 0 Å². The number of hydrogen-bond acceptors (Lipinski definition) is 4. The van der Waals surface area contributed by atoms with Gasteiger partial charge in [-0.2, -0.15) is 0 Å².